The van der Waals surface area contributed by atoms with Crippen LogP contribution < -0.4 is 10.2 Å². The van der Waals surface area contributed by atoms with Crippen LogP contribution >= 0.6 is 0 Å². The van der Waals surface area contributed by atoms with Gasteiger partial charge < -0.3 is 19.9 Å². The number of H-pyrrole nitrogens is 2. The van der Waals surface area contributed by atoms with Gasteiger partial charge in [-0.15, -0.1) is 0 Å². The molecule has 2 aromatic heterocycles. The first-order chi connectivity index (χ1) is 14.7. The zero-order valence-corrected chi connectivity index (χ0v) is 16.6. The Morgan fingerprint density at radius 1 is 1.17 bits per heavy atom. The van der Waals surface area contributed by atoms with Gasteiger partial charge in [-0.3, -0.25) is 9.89 Å². The minimum absolute atomic E-state index is 0.181. The quantitative estimate of drug-likeness (QED) is 0.486. The highest BCUT2D eigenvalue weighted by atomic mass is 16.5. The van der Waals surface area contributed by atoms with Crippen molar-refractivity contribution in [1.29, 1.82) is 0 Å². The van der Waals surface area contributed by atoms with Gasteiger partial charge in [0.1, 0.15) is 0 Å². The highest BCUT2D eigenvalue weighted by molar-refractivity contribution is 6.07. The SMILES string of the molecule is Cc1cc(N2CCOCC2)ccc1C(=O)Nc1c[nH]nc1-c1nc2ccccc2[nH]1. The van der Waals surface area contributed by atoms with E-state index in [1.165, 1.54) is 0 Å². The number of ether oxygens (including phenoxy) is 1. The first-order valence-electron chi connectivity index (χ1n) is 9.92. The summed E-state index contributed by atoms with van der Waals surface area (Å²) in [4.78, 5) is 23.0. The standard InChI is InChI=1S/C22H22N6O2/c1-14-12-15(28-8-10-30-11-9-28)6-7-16(14)22(29)26-19-13-23-27-20(19)21-24-17-4-2-3-5-18(17)25-21/h2-7,12-13H,8-11H2,1H3,(H,23,27)(H,24,25)(H,26,29). The van der Waals surface area contributed by atoms with E-state index in [0.717, 1.165) is 48.6 Å². The number of aromatic nitrogens is 4. The Bertz CT molecular complexity index is 1170. The van der Waals surface area contributed by atoms with E-state index in [0.29, 0.717) is 22.8 Å². The van der Waals surface area contributed by atoms with Crippen LogP contribution in [-0.4, -0.2) is 52.4 Å². The normalized spacial score (nSPS) is 14.2. The van der Waals surface area contributed by atoms with Crippen molar-refractivity contribution in [3.63, 3.8) is 0 Å². The maximum atomic E-state index is 13.0. The lowest BCUT2D eigenvalue weighted by atomic mass is 10.1. The van der Waals surface area contributed by atoms with E-state index >= 15 is 0 Å². The summed E-state index contributed by atoms with van der Waals surface area (Å²) >= 11 is 0. The maximum absolute atomic E-state index is 13.0. The van der Waals surface area contributed by atoms with E-state index in [1.807, 2.05) is 43.3 Å². The van der Waals surface area contributed by atoms with Crippen LogP contribution in [0.25, 0.3) is 22.6 Å². The summed E-state index contributed by atoms with van der Waals surface area (Å²) in [6.45, 7) is 5.13. The number of nitrogens with one attached hydrogen (secondary N) is 3. The van der Waals surface area contributed by atoms with Crippen molar-refractivity contribution in [3.8, 4) is 11.5 Å². The van der Waals surface area contributed by atoms with Crippen molar-refractivity contribution >= 4 is 28.3 Å². The molecule has 1 aliphatic heterocycles. The summed E-state index contributed by atoms with van der Waals surface area (Å²) in [6.07, 6.45) is 1.66. The molecular weight excluding hydrogens is 380 g/mol. The van der Waals surface area contributed by atoms with Gasteiger partial charge in [0.25, 0.3) is 5.91 Å². The second-order valence-electron chi connectivity index (χ2n) is 7.30. The molecule has 3 N–H and O–H groups in total. The predicted molar refractivity (Wildman–Crippen MR) is 116 cm³/mol. The molecule has 0 spiro atoms. The van der Waals surface area contributed by atoms with E-state index in [2.05, 4.69) is 36.4 Å². The molecule has 0 unspecified atom stereocenters. The molecule has 8 heteroatoms. The fraction of sp³-hybridized carbons (Fsp3) is 0.227. The number of rotatable bonds is 4. The number of carbonyl (C=O) groups is 1. The minimum atomic E-state index is -0.181. The number of carbonyl (C=O) groups excluding carboxylic acids is 1. The van der Waals surface area contributed by atoms with Crippen molar-refractivity contribution in [2.75, 3.05) is 36.5 Å². The lowest BCUT2D eigenvalue weighted by Gasteiger charge is -2.29. The number of aryl methyl sites for hydroxylation is 1. The minimum Gasteiger partial charge on any atom is -0.378 e. The molecular formula is C22H22N6O2. The fourth-order valence-electron chi connectivity index (χ4n) is 3.74. The van der Waals surface area contributed by atoms with Crippen LogP contribution in [-0.2, 0) is 4.74 Å². The largest absolute Gasteiger partial charge is 0.378 e. The molecule has 2 aromatic carbocycles. The molecule has 5 rings (SSSR count). The van der Waals surface area contributed by atoms with E-state index in [9.17, 15) is 4.79 Å². The van der Waals surface area contributed by atoms with Crippen LogP contribution in [0.5, 0.6) is 0 Å². The van der Waals surface area contributed by atoms with Gasteiger partial charge in [0.05, 0.1) is 29.9 Å². The number of amides is 1. The molecule has 1 aliphatic rings. The van der Waals surface area contributed by atoms with Crippen molar-refractivity contribution in [2.24, 2.45) is 0 Å². The van der Waals surface area contributed by atoms with Gasteiger partial charge in [0.15, 0.2) is 11.5 Å². The maximum Gasteiger partial charge on any atom is 0.256 e. The Balaban J connectivity index is 1.38. The molecule has 1 amide bonds. The number of para-hydroxylation sites is 2. The van der Waals surface area contributed by atoms with Gasteiger partial charge in [-0.05, 0) is 42.8 Å². The number of morpholine rings is 1. The molecule has 0 atom stereocenters. The van der Waals surface area contributed by atoms with E-state index in [1.54, 1.807) is 6.20 Å². The number of fused-ring (bicyclic) bond motifs is 1. The van der Waals surface area contributed by atoms with Crippen molar-refractivity contribution in [2.45, 2.75) is 6.92 Å². The van der Waals surface area contributed by atoms with E-state index in [4.69, 9.17) is 4.74 Å². The van der Waals surface area contributed by atoms with Crippen molar-refractivity contribution < 1.29 is 9.53 Å². The Hall–Kier alpha value is -3.65. The molecule has 4 aromatic rings. The van der Waals surface area contributed by atoms with Gasteiger partial charge in [0, 0.05) is 30.5 Å². The van der Waals surface area contributed by atoms with Crippen LogP contribution in [0.15, 0.2) is 48.7 Å². The highest BCUT2D eigenvalue weighted by Crippen LogP contribution is 2.27. The van der Waals surface area contributed by atoms with E-state index < -0.39 is 0 Å². The average Bonchev–Trinajstić information content (AvgIpc) is 3.40. The first-order valence-corrected chi connectivity index (χ1v) is 9.92. The monoisotopic (exact) mass is 402 g/mol. The number of hydrogen-bond acceptors (Lipinski definition) is 5. The fourth-order valence-corrected chi connectivity index (χ4v) is 3.74. The number of nitrogens with zero attached hydrogens (tertiary/aromatic N) is 3. The third kappa shape index (κ3) is 3.42. The van der Waals surface area contributed by atoms with E-state index in [-0.39, 0.29) is 5.91 Å². The molecule has 0 bridgehead atoms. The van der Waals surface area contributed by atoms with Crippen LogP contribution in [0, 0.1) is 6.92 Å². The lowest BCUT2D eigenvalue weighted by molar-refractivity contribution is 0.102. The Labute approximate surface area is 173 Å². The summed E-state index contributed by atoms with van der Waals surface area (Å²) in [5.74, 6) is 0.423. The van der Waals surface area contributed by atoms with Crippen molar-refractivity contribution in [3.05, 3.63) is 59.8 Å². The summed E-state index contributed by atoms with van der Waals surface area (Å²) in [6, 6.07) is 13.7. The second kappa shape index (κ2) is 7.64. The molecule has 0 saturated carbocycles. The van der Waals surface area contributed by atoms with Gasteiger partial charge in [-0.25, -0.2) is 4.98 Å². The van der Waals surface area contributed by atoms with Gasteiger partial charge >= 0.3 is 0 Å². The Morgan fingerprint density at radius 3 is 2.80 bits per heavy atom. The van der Waals surface area contributed by atoms with Gasteiger partial charge in [0.2, 0.25) is 0 Å². The van der Waals surface area contributed by atoms with Crippen LogP contribution in [0.1, 0.15) is 15.9 Å². The molecule has 3 heterocycles. The summed E-state index contributed by atoms with van der Waals surface area (Å²) < 4.78 is 5.42. The zero-order valence-electron chi connectivity index (χ0n) is 16.6. The van der Waals surface area contributed by atoms with Crippen LogP contribution in [0.3, 0.4) is 0 Å². The van der Waals surface area contributed by atoms with Crippen molar-refractivity contribution in [1.82, 2.24) is 20.2 Å². The third-order valence-corrected chi connectivity index (χ3v) is 5.33. The molecule has 1 fully saturated rings. The summed E-state index contributed by atoms with van der Waals surface area (Å²) in [5, 5.41) is 10.1. The molecule has 8 nitrogen and oxygen atoms in total. The molecule has 0 aliphatic carbocycles. The summed E-state index contributed by atoms with van der Waals surface area (Å²) in [5.41, 5.74) is 5.58. The number of anilines is 2. The number of hydrogen-bond donors (Lipinski definition) is 3. The summed E-state index contributed by atoms with van der Waals surface area (Å²) in [7, 11) is 0. The lowest BCUT2D eigenvalue weighted by Crippen LogP contribution is -2.36. The predicted octanol–water partition coefficient (Wildman–Crippen LogP) is 3.35. The van der Waals surface area contributed by atoms with Gasteiger partial charge in [-0.2, -0.15) is 5.10 Å². The van der Waals surface area contributed by atoms with Gasteiger partial charge in [-0.1, -0.05) is 12.1 Å². The number of aromatic amines is 2. The Kier molecular flexibility index (Phi) is 4.68. The molecule has 152 valence electrons. The zero-order chi connectivity index (χ0) is 20.5. The Morgan fingerprint density at radius 2 is 2.00 bits per heavy atom. The second-order valence-corrected chi connectivity index (χ2v) is 7.30. The van der Waals surface area contributed by atoms with Crippen LogP contribution in [0.4, 0.5) is 11.4 Å². The molecule has 1 saturated heterocycles. The van der Waals surface area contributed by atoms with Crippen LogP contribution in [0.2, 0.25) is 0 Å². The number of benzene rings is 2. The smallest absolute Gasteiger partial charge is 0.256 e. The molecule has 30 heavy (non-hydrogen) atoms. The number of imidazole rings is 1. The first kappa shape index (κ1) is 18.4. The average molecular weight is 402 g/mol. The topological polar surface area (TPSA) is 98.9 Å². The molecule has 0 radical (unpaired) electrons. The third-order valence-electron chi connectivity index (χ3n) is 5.33. The highest BCUT2D eigenvalue weighted by Gasteiger charge is 2.18.